The van der Waals surface area contributed by atoms with Crippen LogP contribution in [0.1, 0.15) is 18.4 Å². The molecule has 0 saturated heterocycles. The lowest BCUT2D eigenvalue weighted by Gasteiger charge is -2.15. The van der Waals surface area contributed by atoms with Crippen molar-refractivity contribution in [3.8, 4) is 6.07 Å². The van der Waals surface area contributed by atoms with Crippen molar-refractivity contribution in [3.63, 3.8) is 0 Å². The fraction of sp³-hybridized carbons (Fsp3) is 0.231. The van der Waals surface area contributed by atoms with E-state index in [0.717, 1.165) is 16.5 Å². The van der Waals surface area contributed by atoms with E-state index in [4.69, 9.17) is 11.0 Å². The van der Waals surface area contributed by atoms with Gasteiger partial charge in [0.05, 0.1) is 17.6 Å². The highest BCUT2D eigenvalue weighted by Crippen LogP contribution is 2.25. The average Bonchev–Trinajstić information content (AvgIpc) is 2.36. The first-order chi connectivity index (χ1) is 7.74. The molecule has 0 aliphatic rings. The predicted molar refractivity (Wildman–Crippen MR) is 63.7 cm³/mol. The van der Waals surface area contributed by atoms with Crippen molar-refractivity contribution >= 4 is 10.9 Å². The second-order valence-corrected chi connectivity index (χ2v) is 3.86. The summed E-state index contributed by atoms with van der Waals surface area (Å²) in [7, 11) is 0. The molecule has 1 aromatic heterocycles. The van der Waals surface area contributed by atoms with Crippen molar-refractivity contribution < 1.29 is 0 Å². The van der Waals surface area contributed by atoms with E-state index in [-0.39, 0.29) is 5.92 Å². The maximum Gasteiger partial charge on any atom is 0.0994 e. The van der Waals surface area contributed by atoms with Crippen molar-refractivity contribution in [3.05, 3.63) is 42.1 Å². The third-order valence-corrected chi connectivity index (χ3v) is 2.86. The van der Waals surface area contributed by atoms with Crippen LogP contribution in [0.25, 0.3) is 10.9 Å². The van der Waals surface area contributed by atoms with Crippen LogP contribution in [-0.4, -0.2) is 11.0 Å². The summed E-state index contributed by atoms with van der Waals surface area (Å²) in [6.07, 6.45) is 1.76. The Labute approximate surface area is 94.5 Å². The first-order valence-corrected chi connectivity index (χ1v) is 5.23. The van der Waals surface area contributed by atoms with Crippen LogP contribution in [0.4, 0.5) is 0 Å². The fourth-order valence-corrected chi connectivity index (χ4v) is 1.83. The molecule has 0 saturated carbocycles. The third kappa shape index (κ3) is 1.75. The van der Waals surface area contributed by atoms with Crippen LogP contribution in [0.3, 0.4) is 0 Å². The normalized spacial score (nSPS) is 14.3. The summed E-state index contributed by atoms with van der Waals surface area (Å²) < 4.78 is 0. The quantitative estimate of drug-likeness (QED) is 0.828. The molecule has 0 spiro atoms. The minimum absolute atomic E-state index is 0.0119. The summed E-state index contributed by atoms with van der Waals surface area (Å²) in [6, 6.07) is 11.4. The summed E-state index contributed by atoms with van der Waals surface area (Å²) in [5, 5.41) is 9.92. The Balaban J connectivity index is 2.57. The fourth-order valence-electron chi connectivity index (χ4n) is 1.83. The van der Waals surface area contributed by atoms with Crippen LogP contribution >= 0.6 is 0 Å². The molecule has 3 heteroatoms. The Bertz CT molecular complexity index is 537. The van der Waals surface area contributed by atoms with Gasteiger partial charge in [0, 0.05) is 17.5 Å². The number of hydrogen-bond donors (Lipinski definition) is 1. The van der Waals surface area contributed by atoms with E-state index in [9.17, 15) is 0 Å². The first-order valence-electron chi connectivity index (χ1n) is 5.23. The number of hydrogen-bond acceptors (Lipinski definition) is 3. The van der Waals surface area contributed by atoms with Gasteiger partial charge in [0.2, 0.25) is 0 Å². The van der Waals surface area contributed by atoms with E-state index in [0.29, 0.717) is 0 Å². The van der Waals surface area contributed by atoms with Crippen LogP contribution in [-0.2, 0) is 0 Å². The molecule has 2 N–H and O–H groups in total. The zero-order valence-corrected chi connectivity index (χ0v) is 9.09. The summed E-state index contributed by atoms with van der Waals surface area (Å²) in [4.78, 5) is 4.29. The molecule has 0 unspecified atom stereocenters. The second-order valence-electron chi connectivity index (χ2n) is 3.86. The number of rotatable bonds is 2. The van der Waals surface area contributed by atoms with Gasteiger partial charge in [-0.2, -0.15) is 5.26 Å². The van der Waals surface area contributed by atoms with Gasteiger partial charge in [0.15, 0.2) is 0 Å². The zero-order chi connectivity index (χ0) is 11.5. The molecule has 1 aromatic carbocycles. The van der Waals surface area contributed by atoms with Crippen molar-refractivity contribution in [2.45, 2.75) is 18.9 Å². The van der Waals surface area contributed by atoms with E-state index in [1.807, 2.05) is 37.3 Å². The molecule has 2 rings (SSSR count). The van der Waals surface area contributed by atoms with Gasteiger partial charge in [-0.15, -0.1) is 0 Å². The van der Waals surface area contributed by atoms with E-state index < -0.39 is 6.04 Å². The van der Waals surface area contributed by atoms with Gasteiger partial charge in [-0.3, -0.25) is 4.98 Å². The first kappa shape index (κ1) is 10.6. The van der Waals surface area contributed by atoms with Crippen LogP contribution in [0.15, 0.2) is 36.5 Å². The maximum absolute atomic E-state index is 8.85. The highest BCUT2D eigenvalue weighted by atomic mass is 14.7. The number of fused-ring (bicyclic) bond motifs is 1. The van der Waals surface area contributed by atoms with Crippen molar-refractivity contribution in [1.29, 1.82) is 5.26 Å². The molecule has 2 atom stereocenters. The lowest BCUT2D eigenvalue weighted by Crippen LogP contribution is -2.24. The van der Waals surface area contributed by atoms with Crippen LogP contribution in [0.5, 0.6) is 0 Å². The number of nitriles is 1. The molecular formula is C13H13N3. The Kier molecular flexibility index (Phi) is 2.84. The van der Waals surface area contributed by atoms with Crippen molar-refractivity contribution in [1.82, 2.24) is 4.98 Å². The second kappa shape index (κ2) is 4.30. The molecule has 0 aliphatic carbocycles. The summed E-state index contributed by atoms with van der Waals surface area (Å²) in [5.41, 5.74) is 7.78. The Morgan fingerprint density at radius 1 is 1.31 bits per heavy atom. The molecule has 80 valence electrons. The highest BCUT2D eigenvalue weighted by Gasteiger charge is 2.16. The minimum atomic E-state index is -0.481. The van der Waals surface area contributed by atoms with E-state index in [1.165, 1.54) is 0 Å². The Morgan fingerprint density at radius 3 is 2.88 bits per heavy atom. The van der Waals surface area contributed by atoms with Gasteiger partial charge in [0.1, 0.15) is 0 Å². The molecule has 0 aliphatic heterocycles. The van der Waals surface area contributed by atoms with E-state index >= 15 is 0 Å². The van der Waals surface area contributed by atoms with E-state index in [1.54, 1.807) is 6.20 Å². The van der Waals surface area contributed by atoms with Gasteiger partial charge in [-0.25, -0.2) is 0 Å². The van der Waals surface area contributed by atoms with Gasteiger partial charge in [0.25, 0.3) is 0 Å². The largest absolute Gasteiger partial charge is 0.315 e. The van der Waals surface area contributed by atoms with Gasteiger partial charge in [-0.05, 0) is 17.7 Å². The predicted octanol–water partition coefficient (Wildman–Crippen LogP) is 2.19. The number of pyridine rings is 1. The molecule has 3 nitrogen and oxygen atoms in total. The number of nitrogens with zero attached hydrogens (tertiary/aromatic N) is 2. The number of nitrogens with two attached hydrogens (primary N) is 1. The van der Waals surface area contributed by atoms with Crippen LogP contribution < -0.4 is 5.73 Å². The minimum Gasteiger partial charge on any atom is -0.315 e. The lowest BCUT2D eigenvalue weighted by molar-refractivity contribution is 0.679. The van der Waals surface area contributed by atoms with Crippen molar-refractivity contribution in [2.24, 2.45) is 5.73 Å². The number of benzene rings is 1. The summed E-state index contributed by atoms with van der Waals surface area (Å²) in [5.74, 6) is 0.0119. The third-order valence-electron chi connectivity index (χ3n) is 2.86. The maximum atomic E-state index is 8.85. The zero-order valence-electron chi connectivity index (χ0n) is 9.09. The molecule has 0 radical (unpaired) electrons. The standard InChI is InChI=1S/C13H13N3/c1-9(12(15)8-14)10-4-2-6-13-11(10)5-3-7-16-13/h2-7,9,12H,15H2,1H3/t9-,12+/m0/s1. The van der Waals surface area contributed by atoms with Gasteiger partial charge in [-0.1, -0.05) is 25.1 Å². The van der Waals surface area contributed by atoms with Crippen molar-refractivity contribution in [2.75, 3.05) is 0 Å². The molecule has 16 heavy (non-hydrogen) atoms. The molecule has 0 amide bonds. The molecule has 0 bridgehead atoms. The summed E-state index contributed by atoms with van der Waals surface area (Å²) >= 11 is 0. The Morgan fingerprint density at radius 2 is 2.12 bits per heavy atom. The van der Waals surface area contributed by atoms with Gasteiger partial charge < -0.3 is 5.73 Å². The monoisotopic (exact) mass is 211 g/mol. The SMILES string of the molecule is C[C@@H](c1cccc2ncccc12)[C@H](N)C#N. The lowest BCUT2D eigenvalue weighted by atomic mass is 9.91. The molecular weight excluding hydrogens is 198 g/mol. The molecule has 0 fully saturated rings. The smallest absolute Gasteiger partial charge is 0.0994 e. The Hall–Kier alpha value is -1.92. The van der Waals surface area contributed by atoms with Gasteiger partial charge >= 0.3 is 0 Å². The highest BCUT2D eigenvalue weighted by molar-refractivity contribution is 5.82. The average molecular weight is 211 g/mol. The van der Waals surface area contributed by atoms with Crippen LogP contribution in [0.2, 0.25) is 0 Å². The molecule has 1 heterocycles. The van der Waals surface area contributed by atoms with Crippen LogP contribution in [0, 0.1) is 11.3 Å². The number of aromatic nitrogens is 1. The topological polar surface area (TPSA) is 62.7 Å². The summed E-state index contributed by atoms with van der Waals surface area (Å²) in [6.45, 7) is 1.97. The van der Waals surface area contributed by atoms with E-state index in [2.05, 4.69) is 11.1 Å². The molecule has 2 aromatic rings.